The number of carbonyl (C=O) groups excluding carboxylic acids is 1. The number of amides is 1. The summed E-state index contributed by atoms with van der Waals surface area (Å²) < 4.78 is 48.2. The molecule has 0 radical (unpaired) electrons. The van der Waals surface area contributed by atoms with Gasteiger partial charge in [-0.1, -0.05) is 6.07 Å². The zero-order chi connectivity index (χ0) is 20.9. The molecule has 2 aromatic carbocycles. The number of benzene rings is 2. The molecule has 1 heterocycles. The molecule has 29 heavy (non-hydrogen) atoms. The number of hydrogen-bond donors (Lipinski definition) is 2. The SMILES string of the molecule is COc1ccc(-c2n[nH]c(CNC(=O)COc3cccc(C(F)(F)F)c3)n2)cc1. The second kappa shape index (κ2) is 8.63. The molecular formula is C19H17F3N4O3. The maximum atomic E-state index is 12.7. The van der Waals surface area contributed by atoms with Crippen LogP contribution in [0, 0.1) is 0 Å². The first-order valence-corrected chi connectivity index (χ1v) is 8.47. The summed E-state index contributed by atoms with van der Waals surface area (Å²) in [6, 6.07) is 11.5. The molecule has 0 saturated heterocycles. The fourth-order valence-corrected chi connectivity index (χ4v) is 2.39. The molecule has 0 spiro atoms. The first kappa shape index (κ1) is 20.2. The van der Waals surface area contributed by atoms with Crippen molar-refractivity contribution in [3.05, 3.63) is 59.9 Å². The van der Waals surface area contributed by atoms with Gasteiger partial charge in [0.05, 0.1) is 19.2 Å². The van der Waals surface area contributed by atoms with Crippen LogP contribution < -0.4 is 14.8 Å². The van der Waals surface area contributed by atoms with Crippen LogP contribution in [0.15, 0.2) is 48.5 Å². The van der Waals surface area contributed by atoms with Crippen LogP contribution in [0.2, 0.25) is 0 Å². The van der Waals surface area contributed by atoms with Gasteiger partial charge in [-0.15, -0.1) is 0 Å². The van der Waals surface area contributed by atoms with Gasteiger partial charge in [0.25, 0.3) is 5.91 Å². The minimum absolute atomic E-state index is 0.0450. The predicted molar refractivity (Wildman–Crippen MR) is 97.2 cm³/mol. The molecule has 0 bridgehead atoms. The Bertz CT molecular complexity index is 971. The highest BCUT2D eigenvalue weighted by atomic mass is 19.4. The number of aromatic nitrogens is 3. The zero-order valence-corrected chi connectivity index (χ0v) is 15.3. The first-order valence-electron chi connectivity index (χ1n) is 8.47. The van der Waals surface area contributed by atoms with E-state index in [9.17, 15) is 18.0 Å². The summed E-state index contributed by atoms with van der Waals surface area (Å²) in [5, 5.41) is 9.35. The maximum absolute atomic E-state index is 12.7. The molecule has 3 rings (SSSR count). The van der Waals surface area contributed by atoms with E-state index in [1.165, 1.54) is 12.1 Å². The fourth-order valence-electron chi connectivity index (χ4n) is 2.39. The van der Waals surface area contributed by atoms with Gasteiger partial charge in [-0.05, 0) is 42.5 Å². The Morgan fingerprint density at radius 3 is 2.59 bits per heavy atom. The molecule has 0 unspecified atom stereocenters. The highest BCUT2D eigenvalue weighted by Gasteiger charge is 2.30. The molecular weight excluding hydrogens is 389 g/mol. The van der Waals surface area contributed by atoms with Crippen LogP contribution in [0.3, 0.4) is 0 Å². The normalized spacial score (nSPS) is 11.2. The van der Waals surface area contributed by atoms with Gasteiger partial charge >= 0.3 is 6.18 Å². The second-order valence-electron chi connectivity index (χ2n) is 5.93. The summed E-state index contributed by atoms with van der Waals surface area (Å²) in [6.45, 7) is -0.366. The Labute approximate surface area is 163 Å². The monoisotopic (exact) mass is 406 g/mol. The van der Waals surface area contributed by atoms with E-state index >= 15 is 0 Å². The topological polar surface area (TPSA) is 89.1 Å². The number of carbonyl (C=O) groups is 1. The van der Waals surface area contributed by atoms with Crippen LogP contribution in [0.25, 0.3) is 11.4 Å². The lowest BCUT2D eigenvalue weighted by atomic mass is 10.2. The smallest absolute Gasteiger partial charge is 0.416 e. The minimum atomic E-state index is -4.48. The number of halogens is 3. The summed E-state index contributed by atoms with van der Waals surface area (Å²) in [5.41, 5.74) is -0.0735. The molecule has 0 aliphatic rings. The highest BCUT2D eigenvalue weighted by molar-refractivity contribution is 5.77. The quantitative estimate of drug-likeness (QED) is 0.629. The van der Waals surface area contributed by atoms with Crippen molar-refractivity contribution in [1.82, 2.24) is 20.5 Å². The molecule has 152 valence electrons. The number of methoxy groups -OCH3 is 1. The van der Waals surface area contributed by atoms with E-state index in [0.29, 0.717) is 17.4 Å². The molecule has 0 saturated carbocycles. The molecule has 7 nitrogen and oxygen atoms in total. The van der Waals surface area contributed by atoms with Crippen LogP contribution in [0.4, 0.5) is 13.2 Å². The van der Waals surface area contributed by atoms with Crippen LogP contribution >= 0.6 is 0 Å². The van der Waals surface area contributed by atoms with Gasteiger partial charge in [-0.25, -0.2) is 4.98 Å². The van der Waals surface area contributed by atoms with Gasteiger partial charge in [0.2, 0.25) is 0 Å². The number of nitrogens with one attached hydrogen (secondary N) is 2. The van der Waals surface area contributed by atoms with E-state index < -0.39 is 24.3 Å². The average molecular weight is 406 g/mol. The lowest BCUT2D eigenvalue weighted by Crippen LogP contribution is -2.28. The lowest BCUT2D eigenvalue weighted by Gasteiger charge is -2.10. The van der Waals surface area contributed by atoms with E-state index in [0.717, 1.165) is 17.7 Å². The highest BCUT2D eigenvalue weighted by Crippen LogP contribution is 2.31. The Morgan fingerprint density at radius 1 is 1.14 bits per heavy atom. The number of hydrogen-bond acceptors (Lipinski definition) is 5. The van der Waals surface area contributed by atoms with Crippen LogP contribution in [0.5, 0.6) is 11.5 Å². The van der Waals surface area contributed by atoms with Crippen molar-refractivity contribution in [2.75, 3.05) is 13.7 Å². The van der Waals surface area contributed by atoms with Crippen molar-refractivity contribution in [1.29, 1.82) is 0 Å². The molecule has 2 N–H and O–H groups in total. The third kappa shape index (κ3) is 5.47. The Balaban J connectivity index is 1.50. The average Bonchev–Trinajstić information content (AvgIpc) is 3.19. The fraction of sp³-hybridized carbons (Fsp3) is 0.211. The molecule has 10 heteroatoms. The van der Waals surface area contributed by atoms with Crippen molar-refractivity contribution in [3.63, 3.8) is 0 Å². The number of H-pyrrole nitrogens is 1. The zero-order valence-electron chi connectivity index (χ0n) is 15.3. The molecule has 0 atom stereocenters. The maximum Gasteiger partial charge on any atom is 0.416 e. The number of rotatable bonds is 7. The van der Waals surface area contributed by atoms with Gasteiger partial charge in [0.1, 0.15) is 17.3 Å². The Hall–Kier alpha value is -3.56. The summed E-state index contributed by atoms with van der Waals surface area (Å²) >= 11 is 0. The molecule has 3 aromatic rings. The van der Waals surface area contributed by atoms with E-state index in [-0.39, 0.29) is 12.3 Å². The Morgan fingerprint density at radius 2 is 1.90 bits per heavy atom. The number of nitrogens with zero attached hydrogens (tertiary/aromatic N) is 2. The van der Waals surface area contributed by atoms with Crippen molar-refractivity contribution in [2.24, 2.45) is 0 Å². The standard InChI is InChI=1S/C19H17F3N4O3/c1-28-14-7-5-12(6-8-14)18-24-16(25-26-18)10-23-17(27)11-29-15-4-2-3-13(9-15)19(20,21)22/h2-9H,10-11H2,1H3,(H,23,27)(H,24,25,26). The Kier molecular flexibility index (Phi) is 6.01. The van der Waals surface area contributed by atoms with Gasteiger partial charge < -0.3 is 14.8 Å². The number of ether oxygens (including phenoxy) is 2. The van der Waals surface area contributed by atoms with E-state index in [1.807, 2.05) is 0 Å². The van der Waals surface area contributed by atoms with Crippen molar-refractivity contribution in [2.45, 2.75) is 12.7 Å². The lowest BCUT2D eigenvalue weighted by molar-refractivity contribution is -0.137. The largest absolute Gasteiger partial charge is 0.497 e. The first-order chi connectivity index (χ1) is 13.8. The molecule has 1 aromatic heterocycles. The van der Waals surface area contributed by atoms with Crippen LogP contribution in [0.1, 0.15) is 11.4 Å². The van der Waals surface area contributed by atoms with E-state index in [4.69, 9.17) is 9.47 Å². The summed E-state index contributed by atoms with van der Waals surface area (Å²) in [6.07, 6.45) is -4.48. The molecule has 1 amide bonds. The number of aromatic amines is 1. The molecule has 0 fully saturated rings. The van der Waals surface area contributed by atoms with Gasteiger partial charge in [0.15, 0.2) is 12.4 Å². The van der Waals surface area contributed by atoms with Crippen LogP contribution in [-0.2, 0) is 17.5 Å². The molecule has 0 aliphatic heterocycles. The van der Waals surface area contributed by atoms with Gasteiger partial charge in [-0.2, -0.15) is 18.3 Å². The van der Waals surface area contributed by atoms with Crippen LogP contribution in [-0.4, -0.2) is 34.8 Å². The third-order valence-corrected chi connectivity index (χ3v) is 3.86. The van der Waals surface area contributed by atoms with E-state index in [1.54, 1.807) is 31.4 Å². The molecule has 0 aliphatic carbocycles. The summed E-state index contributed by atoms with van der Waals surface area (Å²) in [4.78, 5) is 16.2. The minimum Gasteiger partial charge on any atom is -0.497 e. The van der Waals surface area contributed by atoms with Crippen molar-refractivity contribution >= 4 is 5.91 Å². The predicted octanol–water partition coefficient (Wildman–Crippen LogP) is 3.19. The number of alkyl halides is 3. The second-order valence-corrected chi connectivity index (χ2v) is 5.93. The van der Waals surface area contributed by atoms with Crippen molar-refractivity contribution in [3.8, 4) is 22.9 Å². The summed E-state index contributed by atoms with van der Waals surface area (Å²) in [7, 11) is 1.57. The third-order valence-electron chi connectivity index (χ3n) is 3.86. The van der Waals surface area contributed by atoms with E-state index in [2.05, 4.69) is 20.5 Å². The van der Waals surface area contributed by atoms with Crippen molar-refractivity contribution < 1.29 is 27.4 Å². The van der Waals surface area contributed by atoms with Gasteiger partial charge in [-0.3, -0.25) is 9.89 Å². The summed E-state index contributed by atoms with van der Waals surface area (Å²) in [5.74, 6) is 1.03. The van der Waals surface area contributed by atoms with Gasteiger partial charge in [0, 0.05) is 5.56 Å².